The number of nitrogens with zero attached hydrogens (tertiary/aromatic N) is 2. The number of hydrogen-bond acceptors (Lipinski definition) is 1. The van der Waals surface area contributed by atoms with Crippen LogP contribution in [-0.2, 0) is 5.41 Å². The van der Waals surface area contributed by atoms with Crippen LogP contribution in [0.2, 0.25) is 0 Å². The van der Waals surface area contributed by atoms with Gasteiger partial charge in [0.2, 0.25) is 0 Å². The van der Waals surface area contributed by atoms with Crippen molar-refractivity contribution < 1.29 is 0 Å². The van der Waals surface area contributed by atoms with Crippen molar-refractivity contribution >= 4 is 92.1 Å². The van der Waals surface area contributed by atoms with Crippen molar-refractivity contribution in [1.82, 2.24) is 8.97 Å². The predicted octanol–water partition coefficient (Wildman–Crippen LogP) is 14.7. The van der Waals surface area contributed by atoms with E-state index in [1.54, 1.807) is 0 Å². The molecule has 3 aromatic heterocycles. The quantitative estimate of drug-likeness (QED) is 0.161. The molecule has 0 aliphatic heterocycles. The largest absolute Gasteiger partial charge is 0.309 e. The van der Waals surface area contributed by atoms with E-state index in [1.165, 1.54) is 76.4 Å². The van der Waals surface area contributed by atoms with Gasteiger partial charge in [-0.3, -0.25) is 9.20 Å². The van der Waals surface area contributed by atoms with Crippen LogP contribution in [0.4, 0.5) is 0 Å². The summed E-state index contributed by atoms with van der Waals surface area (Å²) in [5.74, 6) is 0. The van der Waals surface area contributed by atoms with Gasteiger partial charge in [0, 0.05) is 43.4 Å². The van der Waals surface area contributed by atoms with Gasteiger partial charge in [-0.15, -0.1) is 0 Å². The lowest BCUT2D eigenvalue weighted by Gasteiger charge is -2.21. The normalized spacial score (nSPS) is 13.6. The van der Waals surface area contributed by atoms with Crippen LogP contribution in [0.15, 0.2) is 187 Å². The van der Waals surface area contributed by atoms with E-state index in [-0.39, 0.29) is 11.0 Å². The molecule has 10 aromatic carbocycles. The highest BCUT2D eigenvalue weighted by Crippen LogP contribution is 2.51. The molecule has 3 heterocycles. The smallest absolute Gasteiger partial charge is 0.263 e. The lowest BCUT2D eigenvalue weighted by molar-refractivity contribution is 0.661. The number of rotatable bonds is 2. The molecule has 0 atom stereocenters. The van der Waals surface area contributed by atoms with Crippen LogP contribution in [0, 0.1) is 0 Å². The minimum Gasteiger partial charge on any atom is -0.309 e. The van der Waals surface area contributed by atoms with Crippen molar-refractivity contribution in [3.8, 4) is 27.9 Å². The van der Waals surface area contributed by atoms with Gasteiger partial charge in [-0.05, 0) is 126 Å². The Hall–Kier alpha value is -7.75. The zero-order valence-corrected chi connectivity index (χ0v) is 33.6. The summed E-state index contributed by atoms with van der Waals surface area (Å²) in [4.78, 5) is 14.0. The van der Waals surface area contributed by atoms with Crippen molar-refractivity contribution in [2.45, 2.75) is 19.3 Å². The molecule has 0 N–H and O–H groups in total. The third-order valence-electron chi connectivity index (χ3n) is 14.2. The first-order valence-corrected chi connectivity index (χ1v) is 21.2. The van der Waals surface area contributed by atoms with Crippen LogP contribution in [0.3, 0.4) is 0 Å². The summed E-state index contributed by atoms with van der Waals surface area (Å²) in [6.07, 6.45) is 0. The first-order chi connectivity index (χ1) is 29.9. The van der Waals surface area contributed by atoms with Gasteiger partial charge >= 0.3 is 0 Å². The van der Waals surface area contributed by atoms with Gasteiger partial charge in [-0.25, -0.2) is 0 Å². The summed E-state index contributed by atoms with van der Waals surface area (Å²) >= 11 is 0. The molecule has 0 bridgehead atoms. The third kappa shape index (κ3) is 4.20. The molecular formula is C58H36N2O. The fraction of sp³-hybridized carbons (Fsp3) is 0.0517. The first-order valence-electron chi connectivity index (χ1n) is 21.2. The number of aromatic nitrogens is 2. The van der Waals surface area contributed by atoms with Crippen LogP contribution < -0.4 is 5.56 Å². The van der Waals surface area contributed by atoms with Crippen molar-refractivity contribution in [2.75, 3.05) is 0 Å². The minimum absolute atomic E-state index is 0.0331. The number of hydrogen-bond donors (Lipinski definition) is 0. The molecule has 0 amide bonds. The maximum Gasteiger partial charge on any atom is 0.263 e. The molecule has 1 aliphatic carbocycles. The van der Waals surface area contributed by atoms with E-state index in [0.29, 0.717) is 0 Å². The Labute approximate surface area is 350 Å². The molecule has 284 valence electrons. The summed E-state index contributed by atoms with van der Waals surface area (Å²) < 4.78 is 4.40. The van der Waals surface area contributed by atoms with Crippen molar-refractivity contribution in [2.24, 2.45) is 0 Å². The van der Waals surface area contributed by atoms with E-state index in [2.05, 4.69) is 182 Å². The van der Waals surface area contributed by atoms with E-state index in [0.717, 1.165) is 54.8 Å². The van der Waals surface area contributed by atoms with Gasteiger partial charge in [0.05, 0.1) is 22.1 Å². The van der Waals surface area contributed by atoms with Gasteiger partial charge in [0.15, 0.2) is 0 Å². The molecule has 0 unspecified atom stereocenters. The molecule has 14 rings (SSSR count). The summed E-state index contributed by atoms with van der Waals surface area (Å²) in [6, 6.07) is 66.5. The molecule has 0 spiro atoms. The topological polar surface area (TPSA) is 26.4 Å². The van der Waals surface area contributed by atoms with Gasteiger partial charge in [-0.1, -0.05) is 141 Å². The molecule has 13 aromatic rings. The van der Waals surface area contributed by atoms with Gasteiger partial charge < -0.3 is 4.57 Å². The van der Waals surface area contributed by atoms with Gasteiger partial charge in [0.1, 0.15) is 0 Å². The highest BCUT2D eigenvalue weighted by Gasteiger charge is 2.36. The van der Waals surface area contributed by atoms with Crippen LogP contribution in [0.1, 0.15) is 25.0 Å². The maximum atomic E-state index is 14.0. The fourth-order valence-electron chi connectivity index (χ4n) is 11.4. The molecule has 3 heteroatoms. The van der Waals surface area contributed by atoms with Gasteiger partial charge in [-0.2, -0.15) is 0 Å². The second-order valence-electron chi connectivity index (χ2n) is 17.6. The standard InChI is InChI=1S/C58H36N2O/c1-58(2)51-20-9-7-15-41(51)48-32-55-50(31-52(48)58)42-16-8-10-21-53(42)59(55)35-24-26-40-39-25-22-33(28-46(39)36-12-3-4-13-37(36)47(40)30-35)34-23-27-54-49(29-34)44-19-11-18-43-38-14-5-6-17-45(38)57(61)60(54)56(43)44/h3-32H,1-2H3. The Balaban J connectivity index is 0.972. The molecule has 3 nitrogen and oxygen atoms in total. The van der Waals surface area contributed by atoms with E-state index in [9.17, 15) is 4.79 Å². The third-order valence-corrected chi connectivity index (χ3v) is 14.2. The van der Waals surface area contributed by atoms with E-state index < -0.39 is 0 Å². The minimum atomic E-state index is -0.0660. The van der Waals surface area contributed by atoms with E-state index in [1.807, 2.05) is 22.6 Å². The maximum absolute atomic E-state index is 14.0. The highest BCUT2D eigenvalue weighted by molar-refractivity contribution is 6.27. The van der Waals surface area contributed by atoms with Gasteiger partial charge in [0.25, 0.3) is 5.56 Å². The SMILES string of the molecule is CC1(C)c2ccccc2-c2cc3c(cc21)c1ccccc1n3-c1ccc2c3ccc(-c4ccc5c(c4)c4cccc6c7ccccc7c(=O)n5c64)cc3c3ccccc3c2c1. The Morgan fingerprint density at radius 1 is 0.361 bits per heavy atom. The summed E-state index contributed by atoms with van der Waals surface area (Å²) in [7, 11) is 0. The Kier molecular flexibility index (Phi) is 6.24. The Morgan fingerprint density at radius 3 is 1.70 bits per heavy atom. The number of benzene rings is 10. The van der Waals surface area contributed by atoms with Crippen molar-refractivity contribution in [3.63, 3.8) is 0 Å². The molecule has 61 heavy (non-hydrogen) atoms. The second-order valence-corrected chi connectivity index (χ2v) is 17.6. The number of fused-ring (bicyclic) bond motifs is 17. The van der Waals surface area contributed by atoms with Crippen LogP contribution >= 0.6 is 0 Å². The van der Waals surface area contributed by atoms with E-state index >= 15 is 0 Å². The number of para-hydroxylation sites is 2. The average molecular weight is 777 g/mol. The first kappa shape index (κ1) is 33.1. The Morgan fingerprint density at radius 2 is 0.918 bits per heavy atom. The molecule has 1 aliphatic rings. The fourth-order valence-corrected chi connectivity index (χ4v) is 11.4. The molecule has 0 fully saturated rings. The number of pyridine rings is 1. The molecule has 0 radical (unpaired) electrons. The molecule has 0 saturated carbocycles. The zero-order chi connectivity index (χ0) is 40.3. The average Bonchev–Trinajstić information content (AvgIpc) is 3.90. The van der Waals surface area contributed by atoms with E-state index in [4.69, 9.17) is 0 Å². The summed E-state index contributed by atoms with van der Waals surface area (Å²) in [6.45, 7) is 4.72. The molecular weight excluding hydrogens is 741 g/mol. The second kappa shape index (κ2) is 11.5. The summed E-state index contributed by atoms with van der Waals surface area (Å²) in [5, 5.41) is 15.0. The molecule has 0 saturated heterocycles. The van der Waals surface area contributed by atoms with Crippen LogP contribution in [-0.4, -0.2) is 8.97 Å². The summed E-state index contributed by atoms with van der Waals surface area (Å²) in [5.41, 5.74) is 13.2. The lowest BCUT2D eigenvalue weighted by atomic mass is 9.82. The highest BCUT2D eigenvalue weighted by atomic mass is 16.1. The van der Waals surface area contributed by atoms with Crippen molar-refractivity contribution in [3.05, 3.63) is 203 Å². The van der Waals surface area contributed by atoms with Crippen LogP contribution in [0.5, 0.6) is 0 Å². The van der Waals surface area contributed by atoms with Crippen LogP contribution in [0.25, 0.3) is 120 Å². The monoisotopic (exact) mass is 776 g/mol. The Bertz CT molecular complexity index is 4140. The lowest BCUT2D eigenvalue weighted by Crippen LogP contribution is -2.14. The zero-order valence-electron chi connectivity index (χ0n) is 33.6. The predicted molar refractivity (Wildman–Crippen MR) is 257 cm³/mol. The van der Waals surface area contributed by atoms with Crippen molar-refractivity contribution in [1.29, 1.82) is 0 Å².